The molecule has 1 saturated carbocycles. The lowest BCUT2D eigenvalue weighted by Crippen LogP contribution is -2.55. The van der Waals surface area contributed by atoms with Crippen LogP contribution in [-0.2, 0) is 0 Å². The summed E-state index contributed by atoms with van der Waals surface area (Å²) in [7, 11) is 0. The van der Waals surface area contributed by atoms with Crippen molar-refractivity contribution in [3.8, 4) is 0 Å². The van der Waals surface area contributed by atoms with Gasteiger partial charge in [0, 0.05) is 54.2 Å². The van der Waals surface area contributed by atoms with E-state index in [0.717, 1.165) is 28.8 Å². The molecule has 2 fully saturated rings. The number of aromatic nitrogens is 1. The van der Waals surface area contributed by atoms with E-state index in [2.05, 4.69) is 31.1 Å². The minimum atomic E-state index is -0.394. The summed E-state index contributed by atoms with van der Waals surface area (Å²) < 4.78 is 0.870. The summed E-state index contributed by atoms with van der Waals surface area (Å²) in [6, 6.07) is 2.64. The highest BCUT2D eigenvalue weighted by molar-refractivity contribution is 9.10. The first-order chi connectivity index (χ1) is 12.6. The number of halogens is 1. The molecule has 1 saturated heterocycles. The van der Waals surface area contributed by atoms with Gasteiger partial charge >= 0.3 is 0 Å². The molecule has 2 unspecified atom stereocenters. The second-order valence-electron chi connectivity index (χ2n) is 6.94. The zero-order valence-corrected chi connectivity index (χ0v) is 17.1. The fourth-order valence-corrected chi connectivity index (χ4v) is 4.06. The van der Waals surface area contributed by atoms with Gasteiger partial charge in [-0.1, -0.05) is 19.3 Å². The monoisotopic (exact) mass is 426 g/mol. The van der Waals surface area contributed by atoms with Gasteiger partial charge < -0.3 is 25.8 Å². The Hall–Kier alpha value is -1.02. The average molecular weight is 427 g/mol. The van der Waals surface area contributed by atoms with Crippen molar-refractivity contribution in [2.45, 2.75) is 63.6 Å². The van der Waals surface area contributed by atoms with Crippen LogP contribution in [0.3, 0.4) is 0 Å². The first-order valence-electron chi connectivity index (χ1n) is 9.55. The Balaban J connectivity index is 0.000000758. The normalized spacial score (nSPS) is 23.9. The van der Waals surface area contributed by atoms with E-state index in [4.69, 9.17) is 10.5 Å². The maximum atomic E-state index is 10.6. The summed E-state index contributed by atoms with van der Waals surface area (Å²) in [5, 5.41) is 29.4. The van der Waals surface area contributed by atoms with E-state index in [1.165, 1.54) is 38.3 Å². The van der Waals surface area contributed by atoms with E-state index in [-0.39, 0.29) is 12.6 Å². The Labute approximate surface area is 164 Å². The van der Waals surface area contributed by atoms with E-state index in [0.29, 0.717) is 12.6 Å². The molecule has 0 amide bonds. The molecule has 146 valence electrons. The van der Waals surface area contributed by atoms with E-state index < -0.39 is 6.10 Å². The summed E-state index contributed by atoms with van der Waals surface area (Å²) >= 11 is 3.39. The predicted molar refractivity (Wildman–Crippen MR) is 109 cm³/mol. The highest BCUT2D eigenvalue weighted by Crippen LogP contribution is 2.25. The van der Waals surface area contributed by atoms with E-state index in [1.807, 2.05) is 6.07 Å². The number of β-amino-alcohol motifs (C(OH)–C–C–N with tert-alkyl or cyclic N) is 1. The van der Waals surface area contributed by atoms with Gasteiger partial charge in [-0.15, -0.1) is 0 Å². The number of rotatable bonds is 4. The lowest BCUT2D eigenvalue weighted by molar-refractivity contribution is 0.103. The molecule has 0 radical (unpaired) electrons. The summed E-state index contributed by atoms with van der Waals surface area (Å²) in [5.41, 5.74) is 0.783. The van der Waals surface area contributed by atoms with Crippen LogP contribution in [-0.4, -0.2) is 59.3 Å². The van der Waals surface area contributed by atoms with Crippen LogP contribution in [0.2, 0.25) is 0 Å². The number of hydrogen-bond acceptors (Lipinski definition) is 6. The minimum Gasteiger partial charge on any atom is -0.397 e. The lowest BCUT2D eigenvalue weighted by Gasteiger charge is -2.39. The number of nitrogens with one attached hydrogen (secondary N) is 2. The number of aliphatic hydroxyl groups excluding tert-OH is 2. The van der Waals surface area contributed by atoms with Crippen molar-refractivity contribution in [2.24, 2.45) is 0 Å². The molecule has 6 nitrogen and oxygen atoms in total. The molecule has 7 heteroatoms. The van der Waals surface area contributed by atoms with Crippen molar-refractivity contribution < 1.29 is 10.2 Å². The van der Waals surface area contributed by atoms with Crippen molar-refractivity contribution in [2.75, 3.05) is 24.6 Å². The standard InChI is InChI=1S/C17H25BrN4O.C2H6O/c18-13-8-12(9-19)17(20-10-13)22-7-6-15(16(23)11-22)21-14-4-2-1-3-5-14;1-2-3/h8-10,14-16,19,21,23H,1-7,11H2;3H,2H2,1H3. The van der Waals surface area contributed by atoms with Crippen molar-refractivity contribution in [1.82, 2.24) is 10.3 Å². The summed E-state index contributed by atoms with van der Waals surface area (Å²) in [6.45, 7) is 3.36. The summed E-state index contributed by atoms with van der Waals surface area (Å²) in [6.07, 6.45) is 10.0. The van der Waals surface area contributed by atoms with Crippen molar-refractivity contribution in [3.05, 3.63) is 22.3 Å². The van der Waals surface area contributed by atoms with Crippen LogP contribution in [0.25, 0.3) is 0 Å². The van der Waals surface area contributed by atoms with Gasteiger partial charge in [-0.3, -0.25) is 0 Å². The van der Waals surface area contributed by atoms with E-state index in [9.17, 15) is 5.11 Å². The largest absolute Gasteiger partial charge is 0.397 e. The highest BCUT2D eigenvalue weighted by Gasteiger charge is 2.30. The van der Waals surface area contributed by atoms with Crippen LogP contribution in [0.15, 0.2) is 16.7 Å². The third-order valence-electron chi connectivity index (χ3n) is 4.95. The number of nitrogens with zero attached hydrogens (tertiary/aromatic N) is 2. The number of piperidine rings is 1. The van der Waals surface area contributed by atoms with Crippen LogP contribution in [0.1, 0.15) is 51.0 Å². The molecular weight excluding hydrogens is 396 g/mol. The molecule has 1 aromatic heterocycles. The number of aliphatic hydroxyl groups is 2. The topological polar surface area (TPSA) is 92.5 Å². The maximum absolute atomic E-state index is 10.6. The molecule has 26 heavy (non-hydrogen) atoms. The number of hydrogen-bond donors (Lipinski definition) is 4. The van der Waals surface area contributed by atoms with E-state index in [1.54, 1.807) is 13.1 Å². The zero-order valence-electron chi connectivity index (χ0n) is 15.5. The molecule has 1 aromatic rings. The molecule has 4 N–H and O–H groups in total. The summed E-state index contributed by atoms with van der Waals surface area (Å²) in [5.74, 6) is 0.790. The Morgan fingerprint density at radius 2 is 2.04 bits per heavy atom. The molecule has 0 spiro atoms. The smallest absolute Gasteiger partial charge is 0.137 e. The zero-order chi connectivity index (χ0) is 18.9. The van der Waals surface area contributed by atoms with E-state index >= 15 is 0 Å². The van der Waals surface area contributed by atoms with Gasteiger partial charge in [0.15, 0.2) is 0 Å². The first kappa shape index (κ1) is 21.3. The average Bonchev–Trinajstić information content (AvgIpc) is 2.65. The Bertz CT molecular complexity index is 566. The molecule has 1 aliphatic heterocycles. The van der Waals surface area contributed by atoms with Gasteiger partial charge in [0.25, 0.3) is 0 Å². The van der Waals surface area contributed by atoms with Crippen molar-refractivity contribution >= 4 is 28.0 Å². The molecule has 2 heterocycles. The molecule has 1 aliphatic carbocycles. The Morgan fingerprint density at radius 1 is 1.35 bits per heavy atom. The molecule has 0 bridgehead atoms. The fraction of sp³-hybridized carbons (Fsp3) is 0.684. The van der Waals surface area contributed by atoms with Gasteiger partial charge in [0.2, 0.25) is 0 Å². The molecule has 0 aromatic carbocycles. The van der Waals surface area contributed by atoms with Gasteiger partial charge in [0.1, 0.15) is 5.82 Å². The van der Waals surface area contributed by atoms with Gasteiger partial charge in [0.05, 0.1) is 6.10 Å². The second kappa shape index (κ2) is 11.0. The third kappa shape index (κ3) is 6.01. The number of anilines is 1. The van der Waals surface area contributed by atoms with Crippen LogP contribution in [0.4, 0.5) is 5.82 Å². The van der Waals surface area contributed by atoms with Gasteiger partial charge in [-0.2, -0.15) is 0 Å². The van der Waals surface area contributed by atoms with Gasteiger partial charge in [-0.05, 0) is 48.2 Å². The highest BCUT2D eigenvalue weighted by atomic mass is 79.9. The molecule has 2 atom stereocenters. The number of pyridine rings is 1. The van der Waals surface area contributed by atoms with Crippen LogP contribution < -0.4 is 10.2 Å². The molecule has 2 aliphatic rings. The maximum Gasteiger partial charge on any atom is 0.137 e. The Kier molecular flexibility index (Phi) is 8.98. The predicted octanol–water partition coefficient (Wildman–Crippen LogP) is 2.70. The van der Waals surface area contributed by atoms with Crippen LogP contribution >= 0.6 is 15.9 Å². The van der Waals surface area contributed by atoms with Gasteiger partial charge in [-0.25, -0.2) is 4.98 Å². The fourth-order valence-electron chi connectivity index (χ4n) is 3.71. The minimum absolute atomic E-state index is 0.174. The van der Waals surface area contributed by atoms with Crippen molar-refractivity contribution in [3.63, 3.8) is 0 Å². The molecular formula is C19H31BrN4O2. The quantitative estimate of drug-likeness (QED) is 0.555. The second-order valence-corrected chi connectivity index (χ2v) is 7.85. The SMILES string of the molecule is CCO.N=Cc1cc(Br)cnc1N1CCC(NC2CCCCC2)C(O)C1. The third-order valence-corrected chi connectivity index (χ3v) is 5.39. The molecule has 3 rings (SSSR count). The lowest BCUT2D eigenvalue weighted by atomic mass is 9.92. The Morgan fingerprint density at radius 3 is 2.65 bits per heavy atom. The van der Waals surface area contributed by atoms with Crippen LogP contribution in [0, 0.1) is 5.41 Å². The first-order valence-corrected chi connectivity index (χ1v) is 10.3. The van der Waals surface area contributed by atoms with Crippen molar-refractivity contribution in [1.29, 1.82) is 5.41 Å². The van der Waals surface area contributed by atoms with Crippen LogP contribution in [0.5, 0.6) is 0 Å². The summed E-state index contributed by atoms with van der Waals surface area (Å²) in [4.78, 5) is 6.54.